The Labute approximate surface area is 158 Å². The van der Waals surface area contributed by atoms with Crippen LogP contribution in [0.1, 0.15) is 10.4 Å². The van der Waals surface area contributed by atoms with Crippen LogP contribution in [0.3, 0.4) is 0 Å². The van der Waals surface area contributed by atoms with Crippen molar-refractivity contribution in [1.29, 1.82) is 0 Å². The molecular formula is C17H10Cl3N3O2. The van der Waals surface area contributed by atoms with Gasteiger partial charge in [-0.3, -0.25) is 4.79 Å². The van der Waals surface area contributed by atoms with E-state index in [0.29, 0.717) is 39.4 Å². The van der Waals surface area contributed by atoms with E-state index in [-0.39, 0.29) is 16.1 Å². The van der Waals surface area contributed by atoms with Crippen molar-refractivity contribution < 1.29 is 9.53 Å². The van der Waals surface area contributed by atoms with Crippen LogP contribution in [0.25, 0.3) is 22.5 Å². The molecule has 126 valence electrons. The lowest BCUT2D eigenvalue weighted by Gasteiger charge is -2.11. The Morgan fingerprint density at radius 3 is 2.48 bits per heavy atom. The van der Waals surface area contributed by atoms with Gasteiger partial charge >= 0.3 is 0 Å². The monoisotopic (exact) mass is 393 g/mol. The molecule has 0 atom stereocenters. The second-order valence-electron chi connectivity index (χ2n) is 4.91. The number of halogens is 3. The zero-order valence-corrected chi connectivity index (χ0v) is 15.1. The average Bonchev–Trinajstić information content (AvgIpc) is 2.64. The molecule has 0 amide bonds. The summed E-state index contributed by atoms with van der Waals surface area (Å²) < 4.78 is 5.14. The molecule has 3 rings (SSSR count). The minimum Gasteiger partial charge on any atom is -0.480 e. The molecule has 3 aromatic rings. The van der Waals surface area contributed by atoms with E-state index >= 15 is 0 Å². The molecule has 0 fully saturated rings. The van der Waals surface area contributed by atoms with E-state index in [0.717, 1.165) is 0 Å². The largest absolute Gasteiger partial charge is 0.480 e. The summed E-state index contributed by atoms with van der Waals surface area (Å²) in [6, 6.07) is 8.67. The molecule has 25 heavy (non-hydrogen) atoms. The lowest BCUT2D eigenvalue weighted by atomic mass is 10.0. The molecule has 0 N–H and O–H groups in total. The number of aromatic nitrogens is 3. The van der Waals surface area contributed by atoms with Crippen LogP contribution in [0.5, 0.6) is 5.88 Å². The summed E-state index contributed by atoms with van der Waals surface area (Å²) >= 11 is 18.7. The molecule has 0 bridgehead atoms. The third-order valence-electron chi connectivity index (χ3n) is 3.49. The van der Waals surface area contributed by atoms with Crippen LogP contribution < -0.4 is 4.74 Å². The Kier molecular flexibility index (Phi) is 5.18. The Bertz CT molecular complexity index is 964. The van der Waals surface area contributed by atoms with Crippen LogP contribution in [0.2, 0.25) is 15.2 Å². The quantitative estimate of drug-likeness (QED) is 0.461. The number of aldehydes is 1. The van der Waals surface area contributed by atoms with Gasteiger partial charge in [0.2, 0.25) is 5.88 Å². The van der Waals surface area contributed by atoms with Gasteiger partial charge in [-0.2, -0.15) is 0 Å². The van der Waals surface area contributed by atoms with Crippen LogP contribution in [0, 0.1) is 0 Å². The van der Waals surface area contributed by atoms with Gasteiger partial charge in [0.15, 0.2) is 11.4 Å². The van der Waals surface area contributed by atoms with E-state index in [1.54, 1.807) is 30.3 Å². The van der Waals surface area contributed by atoms with Crippen molar-refractivity contribution in [3.63, 3.8) is 0 Å². The van der Waals surface area contributed by atoms with E-state index in [4.69, 9.17) is 39.5 Å². The van der Waals surface area contributed by atoms with Gasteiger partial charge in [-0.15, -0.1) is 0 Å². The Morgan fingerprint density at radius 2 is 1.76 bits per heavy atom. The molecule has 0 aliphatic rings. The van der Waals surface area contributed by atoms with E-state index in [2.05, 4.69) is 15.0 Å². The highest BCUT2D eigenvalue weighted by atomic mass is 35.5. The third-order valence-corrected chi connectivity index (χ3v) is 4.64. The molecule has 0 radical (unpaired) electrons. The minimum atomic E-state index is 0.142. The van der Waals surface area contributed by atoms with Gasteiger partial charge in [0.05, 0.1) is 29.1 Å². The summed E-state index contributed by atoms with van der Waals surface area (Å²) in [4.78, 5) is 23.4. The van der Waals surface area contributed by atoms with E-state index in [1.807, 2.05) is 0 Å². The van der Waals surface area contributed by atoms with Crippen LogP contribution >= 0.6 is 34.8 Å². The van der Waals surface area contributed by atoms with Gasteiger partial charge < -0.3 is 4.74 Å². The first kappa shape index (κ1) is 17.6. The summed E-state index contributed by atoms with van der Waals surface area (Å²) in [5.74, 6) is 0.220. The van der Waals surface area contributed by atoms with Crippen LogP contribution in [-0.4, -0.2) is 28.3 Å². The van der Waals surface area contributed by atoms with Crippen molar-refractivity contribution in [2.45, 2.75) is 0 Å². The minimum absolute atomic E-state index is 0.142. The second-order valence-corrected chi connectivity index (χ2v) is 6.02. The summed E-state index contributed by atoms with van der Waals surface area (Å²) in [6.45, 7) is 0. The highest BCUT2D eigenvalue weighted by Crippen LogP contribution is 2.39. The number of hydrogen-bond donors (Lipinski definition) is 0. The summed E-state index contributed by atoms with van der Waals surface area (Å²) in [7, 11) is 1.44. The highest BCUT2D eigenvalue weighted by Gasteiger charge is 2.17. The predicted molar refractivity (Wildman–Crippen MR) is 97.7 cm³/mol. The van der Waals surface area contributed by atoms with Crippen molar-refractivity contribution in [2.75, 3.05) is 7.11 Å². The first-order valence-corrected chi connectivity index (χ1v) is 8.15. The zero-order chi connectivity index (χ0) is 18.0. The first-order valence-electron chi connectivity index (χ1n) is 7.02. The second kappa shape index (κ2) is 7.35. The van der Waals surface area contributed by atoms with Crippen molar-refractivity contribution in [3.8, 4) is 28.4 Å². The van der Waals surface area contributed by atoms with Gasteiger partial charge in [0.1, 0.15) is 11.3 Å². The van der Waals surface area contributed by atoms with E-state index < -0.39 is 0 Å². The molecule has 2 heterocycles. The van der Waals surface area contributed by atoms with E-state index in [1.165, 1.54) is 13.4 Å². The molecule has 1 aromatic carbocycles. The maximum Gasteiger partial charge on any atom is 0.224 e. The molecular weight excluding hydrogens is 385 g/mol. The van der Waals surface area contributed by atoms with Crippen LogP contribution in [0.4, 0.5) is 0 Å². The molecule has 0 spiro atoms. The molecule has 8 heteroatoms. The fourth-order valence-electron chi connectivity index (χ4n) is 2.30. The zero-order valence-electron chi connectivity index (χ0n) is 12.8. The number of hydrogen-bond acceptors (Lipinski definition) is 5. The van der Waals surface area contributed by atoms with Gasteiger partial charge in [-0.25, -0.2) is 15.0 Å². The fraction of sp³-hybridized carbons (Fsp3) is 0.0588. The molecule has 5 nitrogen and oxygen atoms in total. The number of nitrogens with zero attached hydrogens (tertiary/aromatic N) is 3. The van der Waals surface area contributed by atoms with Crippen molar-refractivity contribution >= 4 is 41.1 Å². The first-order chi connectivity index (χ1) is 12.1. The summed E-state index contributed by atoms with van der Waals surface area (Å²) in [6.07, 6.45) is 1.99. The molecule has 0 aliphatic heterocycles. The Morgan fingerprint density at radius 1 is 1.00 bits per heavy atom. The molecule has 0 saturated heterocycles. The number of rotatable bonds is 4. The van der Waals surface area contributed by atoms with E-state index in [9.17, 15) is 4.79 Å². The SMILES string of the molecule is COc1nc(-c2cccc(-c3ncnc(Cl)c3Cl)c2Cl)ccc1C=O. The van der Waals surface area contributed by atoms with Crippen molar-refractivity contribution in [3.05, 3.63) is 57.4 Å². The standard InChI is InChI=1S/C17H10Cl3N3O2/c1-25-17-9(7-24)5-6-12(23-17)10-3-2-4-11(13(10)18)15-14(19)16(20)22-8-21-15/h2-8H,1H3. The number of benzene rings is 1. The molecule has 0 unspecified atom stereocenters. The fourth-order valence-corrected chi connectivity index (χ4v) is 2.95. The van der Waals surface area contributed by atoms with Gasteiger partial charge in [-0.1, -0.05) is 53.0 Å². The van der Waals surface area contributed by atoms with Crippen molar-refractivity contribution in [1.82, 2.24) is 15.0 Å². The number of methoxy groups -OCH3 is 1. The molecule has 0 saturated carbocycles. The Hall–Kier alpha value is -2.21. The topological polar surface area (TPSA) is 65.0 Å². The number of pyridine rings is 1. The maximum atomic E-state index is 11.0. The lowest BCUT2D eigenvalue weighted by Crippen LogP contribution is -1.97. The van der Waals surface area contributed by atoms with Gasteiger partial charge in [0, 0.05) is 11.1 Å². The highest BCUT2D eigenvalue weighted by molar-refractivity contribution is 6.43. The van der Waals surface area contributed by atoms with Crippen LogP contribution in [0.15, 0.2) is 36.7 Å². The average molecular weight is 395 g/mol. The maximum absolute atomic E-state index is 11.0. The summed E-state index contributed by atoms with van der Waals surface area (Å²) in [5, 5.41) is 0.751. The van der Waals surface area contributed by atoms with Crippen molar-refractivity contribution in [2.24, 2.45) is 0 Å². The summed E-state index contributed by atoms with van der Waals surface area (Å²) in [5.41, 5.74) is 2.55. The smallest absolute Gasteiger partial charge is 0.224 e. The molecule has 0 aliphatic carbocycles. The number of carbonyl (C=O) groups excluding carboxylic acids is 1. The normalized spacial score (nSPS) is 10.6. The van der Waals surface area contributed by atoms with Gasteiger partial charge in [0.25, 0.3) is 0 Å². The third kappa shape index (κ3) is 3.31. The number of ether oxygens (including phenoxy) is 1. The molecule has 2 aromatic heterocycles. The lowest BCUT2D eigenvalue weighted by molar-refractivity contribution is 0.112. The Balaban J connectivity index is 2.17. The number of carbonyl (C=O) groups is 1. The van der Waals surface area contributed by atoms with Gasteiger partial charge in [-0.05, 0) is 12.1 Å². The predicted octanol–water partition coefficient (Wildman–Crippen LogP) is 4.99. The van der Waals surface area contributed by atoms with Crippen LogP contribution in [-0.2, 0) is 0 Å².